The first-order valence-electron chi connectivity index (χ1n) is 4.65. The molecule has 2 nitrogen and oxygen atoms in total. The lowest BCUT2D eigenvalue weighted by Gasteiger charge is -2.11. The zero-order valence-electron chi connectivity index (χ0n) is 8.45. The maximum atomic E-state index is 12.2. The predicted octanol–water partition coefficient (Wildman–Crippen LogP) is -1.09. The van der Waals surface area contributed by atoms with Crippen molar-refractivity contribution in [2.45, 2.75) is 0 Å². The molecular formula is C12H11ClO2P-. The van der Waals surface area contributed by atoms with Crippen LogP contribution in [0.2, 0.25) is 0 Å². The van der Waals surface area contributed by atoms with E-state index >= 15 is 0 Å². The standard InChI is InChI=1S/C12H11O2P.ClH/c13-15(14,11-7-3-1-4-8-11)12-9-5-2-6-10-12;/h1-10H,(H,13,14);1H/p-1. The molecule has 0 atom stereocenters. The number of benzene rings is 2. The molecule has 2 aromatic rings. The third-order valence-corrected chi connectivity index (χ3v) is 4.21. The van der Waals surface area contributed by atoms with Crippen molar-refractivity contribution in [2.75, 3.05) is 0 Å². The van der Waals surface area contributed by atoms with E-state index in [1.54, 1.807) is 48.5 Å². The van der Waals surface area contributed by atoms with E-state index in [-0.39, 0.29) is 12.4 Å². The Bertz CT molecular complexity index is 441. The first-order valence-corrected chi connectivity index (χ1v) is 6.31. The number of rotatable bonds is 2. The monoisotopic (exact) mass is 253 g/mol. The van der Waals surface area contributed by atoms with Crippen LogP contribution in [0.1, 0.15) is 0 Å². The molecule has 2 rings (SSSR count). The lowest BCUT2D eigenvalue weighted by atomic mass is 10.4. The van der Waals surface area contributed by atoms with E-state index in [1.807, 2.05) is 12.1 Å². The third-order valence-electron chi connectivity index (χ3n) is 2.21. The van der Waals surface area contributed by atoms with E-state index in [4.69, 9.17) is 0 Å². The van der Waals surface area contributed by atoms with Crippen molar-refractivity contribution in [3.8, 4) is 0 Å². The fourth-order valence-electron chi connectivity index (χ4n) is 1.41. The summed E-state index contributed by atoms with van der Waals surface area (Å²) >= 11 is 0. The Morgan fingerprint density at radius 3 is 1.38 bits per heavy atom. The minimum absolute atomic E-state index is 0. The largest absolute Gasteiger partial charge is 1.00 e. The van der Waals surface area contributed by atoms with Crippen molar-refractivity contribution in [2.24, 2.45) is 0 Å². The third kappa shape index (κ3) is 2.53. The topological polar surface area (TPSA) is 37.3 Å². The van der Waals surface area contributed by atoms with Crippen LogP contribution in [-0.2, 0) is 4.57 Å². The van der Waals surface area contributed by atoms with Crippen molar-refractivity contribution < 1.29 is 21.9 Å². The number of hydrogen-bond donors (Lipinski definition) is 1. The maximum absolute atomic E-state index is 12.2. The van der Waals surface area contributed by atoms with E-state index in [0.717, 1.165) is 0 Å². The van der Waals surface area contributed by atoms with Crippen LogP contribution in [0.25, 0.3) is 0 Å². The van der Waals surface area contributed by atoms with Crippen LogP contribution >= 0.6 is 7.37 Å². The van der Waals surface area contributed by atoms with Crippen LogP contribution < -0.4 is 23.0 Å². The molecule has 0 bridgehead atoms. The predicted molar refractivity (Wildman–Crippen MR) is 62.0 cm³/mol. The molecule has 0 aliphatic carbocycles. The summed E-state index contributed by atoms with van der Waals surface area (Å²) in [4.78, 5) is 10.0. The highest BCUT2D eigenvalue weighted by Crippen LogP contribution is 2.37. The van der Waals surface area contributed by atoms with Crippen LogP contribution in [0.4, 0.5) is 0 Å². The van der Waals surface area contributed by atoms with Gasteiger partial charge in [0.25, 0.3) is 7.37 Å². The molecule has 0 heterocycles. The Labute approximate surface area is 101 Å². The van der Waals surface area contributed by atoms with E-state index in [2.05, 4.69) is 0 Å². The minimum atomic E-state index is -3.40. The van der Waals surface area contributed by atoms with Gasteiger partial charge in [0.05, 0.1) is 0 Å². The maximum Gasteiger partial charge on any atom is 0.258 e. The molecule has 0 saturated heterocycles. The van der Waals surface area contributed by atoms with E-state index < -0.39 is 7.37 Å². The Kier molecular flexibility index (Phi) is 4.31. The highest BCUT2D eigenvalue weighted by Gasteiger charge is 2.22. The van der Waals surface area contributed by atoms with Crippen LogP contribution in [0.15, 0.2) is 60.7 Å². The normalized spacial score (nSPS) is 10.6. The van der Waals surface area contributed by atoms with Gasteiger partial charge in [0.15, 0.2) is 0 Å². The van der Waals surface area contributed by atoms with Gasteiger partial charge in [0, 0.05) is 10.6 Å². The van der Waals surface area contributed by atoms with Crippen molar-refractivity contribution in [3.63, 3.8) is 0 Å². The van der Waals surface area contributed by atoms with Gasteiger partial charge >= 0.3 is 0 Å². The summed E-state index contributed by atoms with van der Waals surface area (Å²) < 4.78 is 12.2. The summed E-state index contributed by atoms with van der Waals surface area (Å²) in [5.41, 5.74) is 0. The van der Waals surface area contributed by atoms with Gasteiger partial charge in [-0.05, 0) is 24.3 Å². The Morgan fingerprint density at radius 1 is 0.750 bits per heavy atom. The fourth-order valence-corrected chi connectivity index (χ4v) is 2.86. The SMILES string of the molecule is O=P(O)(c1ccccc1)c1ccccc1.[Cl-]. The molecule has 0 aliphatic heterocycles. The van der Waals surface area contributed by atoms with Crippen LogP contribution in [-0.4, -0.2) is 4.89 Å². The molecule has 0 unspecified atom stereocenters. The molecule has 0 radical (unpaired) electrons. The van der Waals surface area contributed by atoms with E-state index in [9.17, 15) is 9.46 Å². The molecule has 84 valence electrons. The number of halogens is 1. The molecule has 16 heavy (non-hydrogen) atoms. The molecule has 1 N–H and O–H groups in total. The smallest absolute Gasteiger partial charge is 0.258 e. The van der Waals surface area contributed by atoms with Gasteiger partial charge in [-0.2, -0.15) is 0 Å². The zero-order chi connectivity index (χ0) is 10.7. The Balaban J connectivity index is 0.00000128. The van der Waals surface area contributed by atoms with Gasteiger partial charge in [0.2, 0.25) is 0 Å². The summed E-state index contributed by atoms with van der Waals surface area (Å²) in [7, 11) is -3.40. The van der Waals surface area contributed by atoms with Crippen molar-refractivity contribution in [3.05, 3.63) is 60.7 Å². The fraction of sp³-hybridized carbons (Fsp3) is 0. The van der Waals surface area contributed by atoms with E-state index in [0.29, 0.717) is 10.6 Å². The second-order valence-corrected chi connectivity index (χ2v) is 5.43. The summed E-state index contributed by atoms with van der Waals surface area (Å²) in [6, 6.07) is 17.4. The molecule has 0 amide bonds. The average Bonchev–Trinajstić information content (AvgIpc) is 2.31. The molecule has 0 aliphatic rings. The lowest BCUT2D eigenvalue weighted by molar-refractivity contribution is -0.00000556. The highest BCUT2D eigenvalue weighted by atomic mass is 35.5. The number of hydrogen-bond acceptors (Lipinski definition) is 1. The molecule has 0 spiro atoms. The molecule has 2 aromatic carbocycles. The van der Waals surface area contributed by atoms with Gasteiger partial charge in [0.1, 0.15) is 0 Å². The van der Waals surface area contributed by atoms with E-state index in [1.165, 1.54) is 0 Å². The van der Waals surface area contributed by atoms with Gasteiger partial charge in [-0.25, -0.2) is 0 Å². The minimum Gasteiger partial charge on any atom is -1.00 e. The van der Waals surface area contributed by atoms with Crippen LogP contribution in [0, 0.1) is 0 Å². The summed E-state index contributed by atoms with van der Waals surface area (Å²) in [6.45, 7) is 0. The zero-order valence-corrected chi connectivity index (χ0v) is 10.1. The van der Waals surface area contributed by atoms with Crippen LogP contribution in [0.5, 0.6) is 0 Å². The van der Waals surface area contributed by atoms with Crippen molar-refractivity contribution in [1.29, 1.82) is 0 Å². The second-order valence-electron chi connectivity index (χ2n) is 3.25. The van der Waals surface area contributed by atoms with Gasteiger partial charge in [-0.3, -0.25) is 4.57 Å². The lowest BCUT2D eigenvalue weighted by Crippen LogP contribution is -3.00. The van der Waals surface area contributed by atoms with Gasteiger partial charge in [-0.15, -0.1) is 0 Å². The van der Waals surface area contributed by atoms with Gasteiger partial charge in [-0.1, -0.05) is 36.4 Å². The molecule has 0 saturated carbocycles. The Hall–Kier alpha value is -1.08. The average molecular weight is 254 g/mol. The summed E-state index contributed by atoms with van der Waals surface area (Å²) in [5.74, 6) is 0. The highest BCUT2D eigenvalue weighted by molar-refractivity contribution is 7.73. The summed E-state index contributed by atoms with van der Waals surface area (Å²) in [5, 5.41) is 0.937. The molecular weight excluding hydrogens is 243 g/mol. The first-order chi connectivity index (χ1) is 7.21. The quantitative estimate of drug-likeness (QED) is 0.691. The molecule has 0 fully saturated rings. The second kappa shape index (κ2) is 5.31. The van der Waals surface area contributed by atoms with Crippen LogP contribution in [0.3, 0.4) is 0 Å². The molecule has 0 aromatic heterocycles. The first kappa shape index (κ1) is 13.0. The summed E-state index contributed by atoms with van der Waals surface area (Å²) in [6.07, 6.45) is 0. The van der Waals surface area contributed by atoms with Gasteiger partial charge < -0.3 is 17.3 Å². The Morgan fingerprint density at radius 2 is 1.06 bits per heavy atom. The van der Waals surface area contributed by atoms with Crippen molar-refractivity contribution >= 4 is 18.0 Å². The van der Waals surface area contributed by atoms with Crippen molar-refractivity contribution in [1.82, 2.24) is 0 Å². The molecule has 4 heteroatoms.